The number of benzene rings is 1. The van der Waals surface area contributed by atoms with E-state index in [1.165, 1.54) is 0 Å². The number of rotatable bonds is 5. The third-order valence-electron chi connectivity index (χ3n) is 2.93. The Morgan fingerprint density at radius 1 is 1.55 bits per heavy atom. The molecule has 0 aliphatic carbocycles. The molecule has 2 N–H and O–H groups in total. The zero-order valence-electron chi connectivity index (χ0n) is 10.8. The molecule has 1 aromatic rings. The fourth-order valence-electron chi connectivity index (χ4n) is 1.77. The standard InChI is InChI=1S/C12H14FN3O4/c1-12(6-14-7-12)20-5-11(17)15-9-2-8(13)3-10(4-9)16(18)19/h2-4,14H,5-7H2,1H3,(H,15,17). The Labute approximate surface area is 114 Å². The highest BCUT2D eigenvalue weighted by Gasteiger charge is 2.33. The molecule has 0 radical (unpaired) electrons. The van der Waals surface area contributed by atoms with Crippen LogP contribution in [0.15, 0.2) is 18.2 Å². The maximum Gasteiger partial charge on any atom is 0.274 e. The van der Waals surface area contributed by atoms with Crippen molar-refractivity contribution in [1.82, 2.24) is 5.32 Å². The van der Waals surface area contributed by atoms with E-state index in [4.69, 9.17) is 4.74 Å². The van der Waals surface area contributed by atoms with Crippen LogP contribution in [-0.2, 0) is 9.53 Å². The second-order valence-corrected chi connectivity index (χ2v) is 4.85. The molecule has 2 rings (SSSR count). The first-order valence-corrected chi connectivity index (χ1v) is 5.97. The van der Waals surface area contributed by atoms with Gasteiger partial charge in [0.2, 0.25) is 5.91 Å². The fraction of sp³-hybridized carbons (Fsp3) is 0.417. The molecule has 1 aromatic carbocycles. The summed E-state index contributed by atoms with van der Waals surface area (Å²) >= 11 is 0. The molecule has 20 heavy (non-hydrogen) atoms. The van der Waals surface area contributed by atoms with Gasteiger partial charge < -0.3 is 15.4 Å². The fourth-order valence-corrected chi connectivity index (χ4v) is 1.77. The van der Waals surface area contributed by atoms with Crippen LogP contribution in [-0.4, -0.2) is 36.1 Å². The number of nitro groups is 1. The normalized spacial score (nSPS) is 16.3. The van der Waals surface area contributed by atoms with E-state index in [9.17, 15) is 19.3 Å². The molecule has 1 amide bonds. The molecule has 0 unspecified atom stereocenters. The van der Waals surface area contributed by atoms with E-state index < -0.39 is 22.3 Å². The average molecular weight is 283 g/mol. The zero-order chi connectivity index (χ0) is 14.8. The van der Waals surface area contributed by atoms with Gasteiger partial charge in [0.1, 0.15) is 12.4 Å². The lowest BCUT2D eigenvalue weighted by Crippen LogP contribution is -2.59. The first-order chi connectivity index (χ1) is 9.38. The summed E-state index contributed by atoms with van der Waals surface area (Å²) in [5.74, 6) is -1.27. The Morgan fingerprint density at radius 3 is 2.80 bits per heavy atom. The van der Waals surface area contributed by atoms with Crippen molar-refractivity contribution in [3.63, 3.8) is 0 Å². The second kappa shape index (κ2) is 5.51. The van der Waals surface area contributed by atoms with Gasteiger partial charge in [0.05, 0.1) is 22.3 Å². The summed E-state index contributed by atoms with van der Waals surface area (Å²) in [6.45, 7) is 2.99. The maximum absolute atomic E-state index is 13.2. The number of ether oxygens (including phenoxy) is 1. The molecule has 1 aliphatic rings. The van der Waals surface area contributed by atoms with Crippen LogP contribution < -0.4 is 10.6 Å². The predicted molar refractivity (Wildman–Crippen MR) is 68.9 cm³/mol. The van der Waals surface area contributed by atoms with E-state index in [1.807, 2.05) is 6.92 Å². The third kappa shape index (κ3) is 3.49. The van der Waals surface area contributed by atoms with Crippen molar-refractivity contribution in [2.45, 2.75) is 12.5 Å². The van der Waals surface area contributed by atoms with Gasteiger partial charge in [-0.25, -0.2) is 4.39 Å². The second-order valence-electron chi connectivity index (χ2n) is 4.85. The number of nitrogens with one attached hydrogen (secondary N) is 2. The summed E-state index contributed by atoms with van der Waals surface area (Å²) in [6.07, 6.45) is 0. The van der Waals surface area contributed by atoms with Crippen molar-refractivity contribution in [3.8, 4) is 0 Å². The lowest BCUT2D eigenvalue weighted by atomic mass is 10.0. The minimum absolute atomic E-state index is 0.0298. The first kappa shape index (κ1) is 14.4. The number of non-ortho nitro benzene ring substituents is 1. The summed E-state index contributed by atoms with van der Waals surface area (Å²) < 4.78 is 18.6. The van der Waals surface area contributed by atoms with Gasteiger partial charge in [-0.2, -0.15) is 0 Å². The van der Waals surface area contributed by atoms with Crippen LogP contribution in [0.4, 0.5) is 15.8 Å². The van der Waals surface area contributed by atoms with Gasteiger partial charge in [0.25, 0.3) is 5.69 Å². The molecule has 0 atom stereocenters. The molecule has 0 saturated carbocycles. The number of halogens is 1. The van der Waals surface area contributed by atoms with Crippen molar-refractivity contribution in [1.29, 1.82) is 0 Å². The lowest BCUT2D eigenvalue weighted by Gasteiger charge is -2.38. The van der Waals surface area contributed by atoms with E-state index >= 15 is 0 Å². The van der Waals surface area contributed by atoms with E-state index in [0.29, 0.717) is 13.1 Å². The number of hydrogen-bond donors (Lipinski definition) is 2. The number of carbonyl (C=O) groups excluding carboxylic acids is 1. The Hall–Kier alpha value is -2.06. The molecular weight excluding hydrogens is 269 g/mol. The van der Waals surface area contributed by atoms with Crippen molar-refractivity contribution in [2.24, 2.45) is 0 Å². The van der Waals surface area contributed by atoms with Crippen molar-refractivity contribution in [2.75, 3.05) is 25.0 Å². The highest BCUT2D eigenvalue weighted by molar-refractivity contribution is 5.92. The van der Waals surface area contributed by atoms with Crippen LogP contribution in [0.1, 0.15) is 6.92 Å². The Bertz CT molecular complexity index is 546. The summed E-state index contributed by atoms with van der Waals surface area (Å²) in [5.41, 5.74) is -0.760. The largest absolute Gasteiger partial charge is 0.363 e. The van der Waals surface area contributed by atoms with Crippen molar-refractivity contribution < 1.29 is 18.8 Å². The number of anilines is 1. The Balaban J connectivity index is 1.95. The van der Waals surface area contributed by atoms with Crippen LogP contribution in [0.3, 0.4) is 0 Å². The molecule has 0 spiro atoms. The number of nitrogens with zero attached hydrogens (tertiary/aromatic N) is 1. The van der Waals surface area contributed by atoms with Crippen molar-refractivity contribution >= 4 is 17.3 Å². The molecular formula is C12H14FN3O4. The zero-order valence-corrected chi connectivity index (χ0v) is 10.8. The molecule has 1 saturated heterocycles. The topological polar surface area (TPSA) is 93.5 Å². The summed E-state index contributed by atoms with van der Waals surface area (Å²) in [4.78, 5) is 21.5. The molecule has 108 valence electrons. The van der Waals surface area contributed by atoms with E-state index in [0.717, 1.165) is 18.2 Å². The van der Waals surface area contributed by atoms with Gasteiger partial charge in [-0.05, 0) is 13.0 Å². The van der Waals surface area contributed by atoms with Gasteiger partial charge in [-0.15, -0.1) is 0 Å². The van der Waals surface area contributed by atoms with E-state index in [2.05, 4.69) is 10.6 Å². The first-order valence-electron chi connectivity index (χ1n) is 5.97. The summed E-state index contributed by atoms with van der Waals surface area (Å²) in [5, 5.41) is 16.0. The number of amides is 1. The van der Waals surface area contributed by atoms with Gasteiger partial charge in [-0.3, -0.25) is 14.9 Å². The highest BCUT2D eigenvalue weighted by atomic mass is 19.1. The van der Waals surface area contributed by atoms with E-state index in [1.54, 1.807) is 0 Å². The van der Waals surface area contributed by atoms with Crippen LogP contribution in [0.5, 0.6) is 0 Å². The van der Waals surface area contributed by atoms with E-state index in [-0.39, 0.29) is 17.9 Å². The van der Waals surface area contributed by atoms with Crippen LogP contribution in [0, 0.1) is 15.9 Å². The van der Waals surface area contributed by atoms with Crippen LogP contribution >= 0.6 is 0 Å². The highest BCUT2D eigenvalue weighted by Crippen LogP contribution is 2.20. The minimum Gasteiger partial charge on any atom is -0.363 e. The summed E-state index contributed by atoms with van der Waals surface area (Å²) in [6, 6.07) is 2.89. The monoisotopic (exact) mass is 283 g/mol. The molecule has 1 fully saturated rings. The number of nitro benzene ring substituents is 1. The Kier molecular flexibility index (Phi) is 3.96. The van der Waals surface area contributed by atoms with Crippen LogP contribution in [0.25, 0.3) is 0 Å². The Morgan fingerprint density at radius 2 is 2.25 bits per heavy atom. The molecule has 7 nitrogen and oxygen atoms in total. The molecule has 0 bridgehead atoms. The number of hydrogen-bond acceptors (Lipinski definition) is 5. The van der Waals surface area contributed by atoms with Gasteiger partial charge in [0, 0.05) is 19.2 Å². The molecule has 1 aliphatic heterocycles. The van der Waals surface area contributed by atoms with Crippen LogP contribution in [0.2, 0.25) is 0 Å². The smallest absolute Gasteiger partial charge is 0.274 e. The molecule has 1 heterocycles. The molecule has 0 aromatic heterocycles. The predicted octanol–water partition coefficient (Wildman–Crippen LogP) is 1.05. The SMILES string of the molecule is CC1(OCC(=O)Nc2cc(F)cc([N+](=O)[O-])c2)CNC1. The number of carbonyl (C=O) groups is 1. The van der Waals surface area contributed by atoms with Gasteiger partial charge in [0.15, 0.2) is 0 Å². The maximum atomic E-state index is 13.2. The average Bonchev–Trinajstić information content (AvgIpc) is 2.33. The van der Waals surface area contributed by atoms with Crippen molar-refractivity contribution in [3.05, 3.63) is 34.1 Å². The quantitative estimate of drug-likeness (QED) is 0.622. The minimum atomic E-state index is -0.787. The van der Waals surface area contributed by atoms with Gasteiger partial charge >= 0.3 is 0 Å². The third-order valence-corrected chi connectivity index (χ3v) is 2.93. The van der Waals surface area contributed by atoms with Gasteiger partial charge in [-0.1, -0.05) is 0 Å². The molecule has 8 heteroatoms. The summed E-state index contributed by atoms with van der Waals surface area (Å²) in [7, 11) is 0. The lowest BCUT2D eigenvalue weighted by molar-refractivity contribution is -0.385.